The fraction of sp³-hybridized carbons (Fsp3) is 0.348. The maximum absolute atomic E-state index is 13.3. The van der Waals surface area contributed by atoms with Gasteiger partial charge in [0.25, 0.3) is 0 Å². The van der Waals surface area contributed by atoms with Gasteiger partial charge in [-0.3, -0.25) is 9.69 Å². The first-order valence-electron chi connectivity index (χ1n) is 10.4. The van der Waals surface area contributed by atoms with Crippen molar-refractivity contribution >= 4 is 27.7 Å². The molecule has 166 valence electrons. The number of sulfonamides is 1. The van der Waals surface area contributed by atoms with Gasteiger partial charge in [-0.15, -0.1) is 0 Å². The molecule has 0 atom stereocenters. The van der Waals surface area contributed by atoms with Crippen LogP contribution in [0, 0.1) is 0 Å². The van der Waals surface area contributed by atoms with Crippen LogP contribution in [0.1, 0.15) is 19.4 Å². The summed E-state index contributed by atoms with van der Waals surface area (Å²) in [6.45, 7) is 6.40. The van der Waals surface area contributed by atoms with Crippen LogP contribution in [0.2, 0.25) is 0 Å². The Morgan fingerprint density at radius 3 is 2.45 bits per heavy atom. The maximum Gasteiger partial charge on any atom is 0.246 e. The van der Waals surface area contributed by atoms with Crippen LogP contribution in [0.15, 0.2) is 59.5 Å². The molecule has 0 bridgehead atoms. The second-order valence-corrected chi connectivity index (χ2v) is 9.20. The zero-order chi connectivity index (χ0) is 22.3. The maximum atomic E-state index is 13.3. The number of carbonyl (C=O) groups excluding carboxylic acids is 1. The van der Waals surface area contributed by atoms with Gasteiger partial charge in [-0.2, -0.15) is 4.31 Å². The minimum atomic E-state index is -3.75. The van der Waals surface area contributed by atoms with E-state index in [1.165, 1.54) is 17.3 Å². The quantitative estimate of drug-likeness (QED) is 0.678. The van der Waals surface area contributed by atoms with Crippen molar-refractivity contribution in [2.24, 2.45) is 0 Å². The predicted molar refractivity (Wildman–Crippen MR) is 123 cm³/mol. The Labute approximate surface area is 184 Å². The molecule has 7 nitrogen and oxygen atoms in total. The van der Waals surface area contributed by atoms with Gasteiger partial charge in [0, 0.05) is 45.3 Å². The van der Waals surface area contributed by atoms with Crippen molar-refractivity contribution in [2.75, 3.05) is 44.6 Å². The lowest BCUT2D eigenvalue weighted by molar-refractivity contribution is -0.114. The van der Waals surface area contributed by atoms with E-state index in [9.17, 15) is 13.2 Å². The Bertz CT molecular complexity index is 1010. The van der Waals surface area contributed by atoms with E-state index in [1.54, 1.807) is 19.1 Å². The fourth-order valence-corrected chi connectivity index (χ4v) is 5.04. The van der Waals surface area contributed by atoms with Crippen molar-refractivity contribution in [1.82, 2.24) is 9.21 Å². The van der Waals surface area contributed by atoms with E-state index in [-0.39, 0.29) is 10.8 Å². The van der Waals surface area contributed by atoms with Crippen LogP contribution < -0.4 is 10.1 Å². The van der Waals surface area contributed by atoms with E-state index in [1.807, 2.05) is 30.3 Å². The molecular formula is C23H29N3O4S. The lowest BCUT2D eigenvalue weighted by Gasteiger charge is -2.33. The van der Waals surface area contributed by atoms with E-state index in [4.69, 9.17) is 4.74 Å². The summed E-state index contributed by atoms with van der Waals surface area (Å²) in [6.07, 6.45) is 4.18. The highest BCUT2D eigenvalue weighted by molar-refractivity contribution is 7.89. The Kier molecular flexibility index (Phi) is 7.84. The van der Waals surface area contributed by atoms with E-state index >= 15 is 0 Å². The molecule has 1 N–H and O–H groups in total. The molecule has 1 saturated heterocycles. The Hall–Kier alpha value is -2.68. The number of amides is 1. The Morgan fingerprint density at radius 2 is 1.81 bits per heavy atom. The highest BCUT2D eigenvalue weighted by atomic mass is 32.2. The van der Waals surface area contributed by atoms with Crippen LogP contribution in [0.3, 0.4) is 0 Å². The summed E-state index contributed by atoms with van der Waals surface area (Å²) in [5, 5.41) is 2.64. The topological polar surface area (TPSA) is 78.9 Å². The van der Waals surface area contributed by atoms with Gasteiger partial charge in [-0.05, 0) is 30.7 Å². The minimum absolute atomic E-state index is 0.0815. The third kappa shape index (κ3) is 6.16. The molecule has 31 heavy (non-hydrogen) atoms. The zero-order valence-corrected chi connectivity index (χ0v) is 18.8. The predicted octanol–water partition coefficient (Wildman–Crippen LogP) is 3.06. The molecular weight excluding hydrogens is 414 g/mol. The van der Waals surface area contributed by atoms with Crippen molar-refractivity contribution in [3.63, 3.8) is 0 Å². The van der Waals surface area contributed by atoms with Crippen molar-refractivity contribution < 1.29 is 17.9 Å². The lowest BCUT2D eigenvalue weighted by atomic mass is 10.2. The highest BCUT2D eigenvalue weighted by Gasteiger charge is 2.31. The number of nitrogens with one attached hydrogen (secondary N) is 1. The monoisotopic (exact) mass is 443 g/mol. The van der Waals surface area contributed by atoms with E-state index in [2.05, 4.69) is 22.4 Å². The molecule has 0 aliphatic carbocycles. The SMILES string of the molecule is CCOc1ccc(NC(C)=O)cc1S(=O)(=O)N1CCN(CC=Cc2ccccc2)CC1. The average molecular weight is 444 g/mol. The van der Waals surface area contributed by atoms with Gasteiger partial charge in [0.05, 0.1) is 6.61 Å². The van der Waals surface area contributed by atoms with Crippen LogP contribution in [0.4, 0.5) is 5.69 Å². The van der Waals surface area contributed by atoms with E-state index in [0.717, 1.165) is 12.1 Å². The number of carbonyl (C=O) groups is 1. The number of hydrogen-bond acceptors (Lipinski definition) is 5. The first-order valence-corrected chi connectivity index (χ1v) is 11.8. The molecule has 1 aliphatic rings. The minimum Gasteiger partial charge on any atom is -0.492 e. The molecule has 2 aromatic carbocycles. The van der Waals surface area contributed by atoms with Crippen molar-refractivity contribution in [3.8, 4) is 5.75 Å². The molecule has 0 saturated carbocycles. The normalized spacial score (nSPS) is 15.8. The van der Waals surface area contributed by atoms with E-state index in [0.29, 0.717) is 44.2 Å². The molecule has 1 heterocycles. The first-order chi connectivity index (χ1) is 14.9. The van der Waals surface area contributed by atoms with Crippen LogP contribution in [-0.2, 0) is 14.8 Å². The zero-order valence-electron chi connectivity index (χ0n) is 18.0. The third-order valence-electron chi connectivity index (χ3n) is 4.99. The summed E-state index contributed by atoms with van der Waals surface area (Å²) in [7, 11) is -3.75. The smallest absolute Gasteiger partial charge is 0.246 e. The molecule has 1 aliphatic heterocycles. The molecule has 8 heteroatoms. The Morgan fingerprint density at radius 1 is 1.10 bits per heavy atom. The molecule has 0 aromatic heterocycles. The van der Waals surface area contributed by atoms with Crippen molar-refractivity contribution in [3.05, 3.63) is 60.2 Å². The largest absolute Gasteiger partial charge is 0.492 e. The second-order valence-electron chi connectivity index (χ2n) is 7.29. The summed E-state index contributed by atoms with van der Waals surface area (Å²) in [4.78, 5) is 13.7. The molecule has 1 amide bonds. The fourth-order valence-electron chi connectivity index (χ4n) is 3.46. The molecule has 2 aromatic rings. The molecule has 1 fully saturated rings. The number of benzene rings is 2. The summed E-state index contributed by atoms with van der Waals surface area (Å²) < 4.78 is 33.7. The average Bonchev–Trinajstić information content (AvgIpc) is 2.76. The summed E-state index contributed by atoms with van der Waals surface area (Å²) in [5.41, 5.74) is 1.57. The summed E-state index contributed by atoms with van der Waals surface area (Å²) in [5.74, 6) is 0.0366. The van der Waals surface area contributed by atoms with Crippen LogP contribution in [0.25, 0.3) is 6.08 Å². The standard InChI is InChI=1S/C23H29N3O4S/c1-3-30-22-12-11-21(24-19(2)27)18-23(22)31(28,29)26-16-14-25(15-17-26)13-7-10-20-8-5-4-6-9-20/h4-12,18H,3,13-17H2,1-2H3,(H,24,27). The molecule has 0 unspecified atom stereocenters. The van der Waals surface area contributed by atoms with Crippen LogP contribution >= 0.6 is 0 Å². The number of piperazine rings is 1. The lowest BCUT2D eigenvalue weighted by Crippen LogP contribution is -2.48. The number of nitrogens with zero attached hydrogens (tertiary/aromatic N) is 2. The van der Waals surface area contributed by atoms with Gasteiger partial charge in [0.15, 0.2) is 0 Å². The van der Waals surface area contributed by atoms with Gasteiger partial charge in [0.1, 0.15) is 10.6 Å². The van der Waals surface area contributed by atoms with Gasteiger partial charge >= 0.3 is 0 Å². The first kappa shape index (κ1) is 23.0. The van der Waals surface area contributed by atoms with Gasteiger partial charge < -0.3 is 10.1 Å². The molecule has 0 spiro atoms. The molecule has 0 radical (unpaired) electrons. The third-order valence-corrected chi connectivity index (χ3v) is 6.91. The second kappa shape index (κ2) is 10.6. The number of anilines is 1. The van der Waals surface area contributed by atoms with Gasteiger partial charge in [0.2, 0.25) is 15.9 Å². The van der Waals surface area contributed by atoms with Crippen molar-refractivity contribution in [1.29, 1.82) is 0 Å². The number of rotatable bonds is 8. The van der Waals surface area contributed by atoms with Crippen molar-refractivity contribution in [2.45, 2.75) is 18.7 Å². The van der Waals surface area contributed by atoms with Crippen LogP contribution in [-0.4, -0.2) is 62.9 Å². The summed E-state index contributed by atoms with van der Waals surface area (Å²) >= 11 is 0. The van der Waals surface area contributed by atoms with Gasteiger partial charge in [-0.1, -0.05) is 42.5 Å². The van der Waals surface area contributed by atoms with Gasteiger partial charge in [-0.25, -0.2) is 8.42 Å². The molecule has 3 rings (SSSR count). The summed E-state index contributed by atoms with van der Waals surface area (Å²) in [6, 6.07) is 14.8. The number of hydrogen-bond donors (Lipinski definition) is 1. The van der Waals surface area contributed by atoms with E-state index < -0.39 is 10.0 Å². The highest BCUT2D eigenvalue weighted by Crippen LogP contribution is 2.30. The number of ether oxygens (including phenoxy) is 1. The Balaban J connectivity index is 1.67. The van der Waals surface area contributed by atoms with Crippen LogP contribution in [0.5, 0.6) is 5.75 Å².